The second kappa shape index (κ2) is 6.40. The molecule has 9 heteroatoms. The molecule has 0 unspecified atom stereocenters. The van der Waals surface area contributed by atoms with E-state index in [1.807, 2.05) is 0 Å². The van der Waals surface area contributed by atoms with Gasteiger partial charge in [-0.15, -0.1) is 0 Å². The zero-order chi connectivity index (χ0) is 14.4. The normalized spacial score (nSPS) is 17.2. The van der Waals surface area contributed by atoms with Crippen LogP contribution in [0, 0.1) is 0 Å². The van der Waals surface area contributed by atoms with Crippen LogP contribution in [0.15, 0.2) is 12.2 Å². The number of carbonyl (C=O) groups excluding carboxylic acids is 5. The van der Waals surface area contributed by atoms with Crippen LogP contribution in [0.3, 0.4) is 0 Å². The Balaban J connectivity index is 0.000000218. The molecule has 1 saturated heterocycles. The lowest BCUT2D eigenvalue weighted by atomic mass is 10.4. The summed E-state index contributed by atoms with van der Waals surface area (Å²) in [7, 11) is 0. The first-order valence-electron chi connectivity index (χ1n) is 5.20. The first-order valence-corrected chi connectivity index (χ1v) is 5.20. The Bertz CT molecular complexity index is 438. The molecule has 102 valence electrons. The summed E-state index contributed by atoms with van der Waals surface area (Å²) in [6.07, 6.45) is 2.90. The van der Waals surface area contributed by atoms with Crippen LogP contribution < -0.4 is 11.2 Å². The van der Waals surface area contributed by atoms with Gasteiger partial charge in [-0.3, -0.25) is 29.4 Å². The second-order valence-corrected chi connectivity index (χ2v) is 3.56. The van der Waals surface area contributed by atoms with Crippen LogP contribution in [-0.4, -0.2) is 41.0 Å². The van der Waals surface area contributed by atoms with E-state index in [0.29, 0.717) is 12.8 Å². The van der Waals surface area contributed by atoms with E-state index in [1.54, 1.807) is 0 Å². The quantitative estimate of drug-likeness (QED) is 0.427. The molecular weight excluding hydrogens is 258 g/mol. The number of carbonyl (C=O) groups is 5. The van der Waals surface area contributed by atoms with Gasteiger partial charge in [0, 0.05) is 25.0 Å². The monoisotopic (exact) mass is 269 g/mol. The number of nitrogens with two attached hydrogens (primary N) is 1. The zero-order valence-corrected chi connectivity index (χ0v) is 9.75. The van der Waals surface area contributed by atoms with Crippen LogP contribution in [0.4, 0.5) is 0 Å². The van der Waals surface area contributed by atoms with Crippen LogP contribution in [-0.2, 0) is 28.8 Å². The number of amides is 4. The van der Waals surface area contributed by atoms with Gasteiger partial charge >= 0.3 is 5.97 Å². The molecular formula is C10H11N3O6. The molecule has 0 atom stereocenters. The van der Waals surface area contributed by atoms with E-state index in [-0.39, 0.29) is 11.8 Å². The largest absolute Gasteiger partial charge is 0.372 e. The summed E-state index contributed by atoms with van der Waals surface area (Å²) in [4.78, 5) is 56.9. The lowest BCUT2D eigenvalue weighted by molar-refractivity contribution is -0.152. The molecule has 0 aliphatic carbocycles. The van der Waals surface area contributed by atoms with Crippen molar-refractivity contribution in [3.63, 3.8) is 0 Å². The molecule has 0 aromatic heterocycles. The Morgan fingerprint density at radius 3 is 1.95 bits per heavy atom. The minimum atomic E-state index is -0.833. The van der Waals surface area contributed by atoms with Gasteiger partial charge in [0.25, 0.3) is 11.8 Å². The van der Waals surface area contributed by atoms with Gasteiger partial charge in [-0.1, -0.05) is 0 Å². The second-order valence-electron chi connectivity index (χ2n) is 3.56. The molecule has 3 N–H and O–H groups in total. The third-order valence-electron chi connectivity index (χ3n) is 2.18. The van der Waals surface area contributed by atoms with Gasteiger partial charge in [0.2, 0.25) is 11.8 Å². The summed E-state index contributed by atoms with van der Waals surface area (Å²) >= 11 is 0. The zero-order valence-electron chi connectivity index (χ0n) is 9.75. The number of nitrogens with zero attached hydrogens (tertiary/aromatic N) is 1. The highest BCUT2D eigenvalue weighted by Crippen LogP contribution is 2.02. The van der Waals surface area contributed by atoms with Crippen LogP contribution in [0.2, 0.25) is 0 Å². The van der Waals surface area contributed by atoms with Crippen molar-refractivity contribution >= 4 is 29.6 Å². The number of nitrogens with one attached hydrogen (secondary N) is 1. The lowest BCUT2D eigenvalue weighted by Crippen LogP contribution is -2.36. The molecule has 2 heterocycles. The van der Waals surface area contributed by atoms with Crippen molar-refractivity contribution in [3.8, 4) is 0 Å². The molecule has 0 bridgehead atoms. The predicted octanol–water partition coefficient (Wildman–Crippen LogP) is -2.25. The maximum absolute atomic E-state index is 10.8. The molecule has 0 spiro atoms. The van der Waals surface area contributed by atoms with E-state index in [2.05, 4.69) is 16.1 Å². The van der Waals surface area contributed by atoms with Crippen molar-refractivity contribution in [1.29, 1.82) is 0 Å². The highest BCUT2D eigenvalue weighted by molar-refractivity contribution is 6.14. The van der Waals surface area contributed by atoms with Crippen LogP contribution in [0.1, 0.15) is 12.8 Å². The molecule has 2 rings (SSSR count). The van der Waals surface area contributed by atoms with Crippen LogP contribution >= 0.6 is 0 Å². The average molecular weight is 269 g/mol. The third kappa shape index (κ3) is 4.32. The molecule has 0 aromatic carbocycles. The molecule has 0 saturated carbocycles. The van der Waals surface area contributed by atoms with E-state index >= 15 is 0 Å². The fourth-order valence-corrected chi connectivity index (χ4v) is 1.26. The highest BCUT2D eigenvalue weighted by Gasteiger charge is 2.25. The first kappa shape index (κ1) is 14.5. The van der Waals surface area contributed by atoms with E-state index < -0.39 is 24.3 Å². The maximum Gasteiger partial charge on any atom is 0.344 e. The van der Waals surface area contributed by atoms with Crippen molar-refractivity contribution in [2.24, 2.45) is 5.90 Å². The highest BCUT2D eigenvalue weighted by atomic mass is 16.7. The molecule has 9 nitrogen and oxygen atoms in total. The van der Waals surface area contributed by atoms with Gasteiger partial charge in [0.15, 0.2) is 0 Å². The molecule has 2 aliphatic heterocycles. The van der Waals surface area contributed by atoms with Crippen molar-refractivity contribution in [3.05, 3.63) is 12.2 Å². The summed E-state index contributed by atoms with van der Waals surface area (Å²) in [6.45, 7) is -0.443. The van der Waals surface area contributed by atoms with Crippen LogP contribution in [0.25, 0.3) is 0 Å². The number of hydrogen-bond donors (Lipinski definition) is 2. The first-order chi connectivity index (χ1) is 8.93. The SMILES string of the molecule is NOC(=O)CN1C(=O)C=CC1=O.O=C1CCC(=O)N1. The van der Waals surface area contributed by atoms with Crippen LogP contribution in [0.5, 0.6) is 0 Å². The van der Waals surface area contributed by atoms with Crippen molar-refractivity contribution < 1.29 is 28.8 Å². The Hall–Kier alpha value is -2.55. The molecule has 4 amide bonds. The van der Waals surface area contributed by atoms with Crippen molar-refractivity contribution in [2.45, 2.75) is 12.8 Å². The standard InChI is InChI=1S/C6H6N2O4.C4H5NO2/c7-12-6(11)3-8-4(9)1-2-5(8)10;6-3-1-2-4(7)5-3/h1-2H,3,7H2;1-2H2,(H,5,6,7). The van der Waals surface area contributed by atoms with Gasteiger partial charge in [-0.2, -0.15) is 5.90 Å². The minimum absolute atomic E-state index is 0.148. The molecule has 1 fully saturated rings. The summed E-state index contributed by atoms with van der Waals surface area (Å²) in [5, 5.41) is 2.14. The number of imide groups is 2. The van der Waals surface area contributed by atoms with Gasteiger partial charge < -0.3 is 4.84 Å². The van der Waals surface area contributed by atoms with E-state index in [0.717, 1.165) is 17.1 Å². The molecule has 0 aromatic rings. The Morgan fingerprint density at radius 1 is 1.16 bits per heavy atom. The average Bonchev–Trinajstić information content (AvgIpc) is 2.89. The summed E-state index contributed by atoms with van der Waals surface area (Å²) in [5.74, 6) is 2.32. The topological polar surface area (TPSA) is 136 Å². The minimum Gasteiger partial charge on any atom is -0.372 e. The smallest absolute Gasteiger partial charge is 0.344 e. The van der Waals surface area contributed by atoms with Crippen molar-refractivity contribution in [2.75, 3.05) is 6.54 Å². The van der Waals surface area contributed by atoms with E-state index in [1.165, 1.54) is 0 Å². The maximum atomic E-state index is 10.8. The van der Waals surface area contributed by atoms with Crippen molar-refractivity contribution in [1.82, 2.24) is 10.2 Å². The fraction of sp³-hybridized carbons (Fsp3) is 0.300. The molecule has 2 aliphatic rings. The summed E-state index contributed by atoms with van der Waals surface area (Å²) < 4.78 is 0. The van der Waals surface area contributed by atoms with Gasteiger partial charge in [-0.05, 0) is 0 Å². The van der Waals surface area contributed by atoms with E-state index in [9.17, 15) is 24.0 Å². The van der Waals surface area contributed by atoms with E-state index in [4.69, 9.17) is 0 Å². The lowest BCUT2D eigenvalue weighted by Gasteiger charge is -2.10. The summed E-state index contributed by atoms with van der Waals surface area (Å²) in [5.41, 5.74) is 0. The third-order valence-corrected chi connectivity index (χ3v) is 2.18. The number of hydrogen-bond acceptors (Lipinski definition) is 7. The van der Waals surface area contributed by atoms with Gasteiger partial charge in [0.1, 0.15) is 6.54 Å². The fourth-order valence-electron chi connectivity index (χ4n) is 1.26. The Morgan fingerprint density at radius 2 is 1.63 bits per heavy atom. The summed E-state index contributed by atoms with van der Waals surface area (Å²) in [6, 6.07) is 0. The Labute approximate surface area is 107 Å². The van der Waals surface area contributed by atoms with Gasteiger partial charge in [0.05, 0.1) is 0 Å². The van der Waals surface area contributed by atoms with Gasteiger partial charge in [-0.25, -0.2) is 4.79 Å². The predicted molar refractivity (Wildman–Crippen MR) is 58.5 cm³/mol. The molecule has 19 heavy (non-hydrogen) atoms. The molecule has 0 radical (unpaired) electrons. The Kier molecular flexibility index (Phi) is 4.89. The number of rotatable bonds is 2.